The lowest BCUT2D eigenvalue weighted by Crippen LogP contribution is -2.37. The van der Waals surface area contributed by atoms with Crippen molar-refractivity contribution in [2.75, 3.05) is 47.5 Å². The third-order valence-electron chi connectivity index (χ3n) is 1.77. The van der Waals surface area contributed by atoms with Crippen LogP contribution in [-0.4, -0.2) is 63.2 Å². The summed E-state index contributed by atoms with van der Waals surface area (Å²) in [4.78, 5) is 0. The summed E-state index contributed by atoms with van der Waals surface area (Å²) in [6, 6.07) is 0. The second-order valence-electron chi connectivity index (χ2n) is 4.86. The SMILES string of the molecule is CCOP(=O)(OCC[N+](C)(C)C)OCC(C)O. The molecule has 0 saturated carbocycles. The van der Waals surface area contributed by atoms with Gasteiger partial charge in [0.15, 0.2) is 0 Å². The second-order valence-corrected chi connectivity index (χ2v) is 6.53. The number of phosphoric acid groups is 1. The van der Waals surface area contributed by atoms with Crippen LogP contribution in [0.15, 0.2) is 0 Å². The van der Waals surface area contributed by atoms with Crippen molar-refractivity contribution < 1.29 is 27.7 Å². The highest BCUT2D eigenvalue weighted by molar-refractivity contribution is 7.48. The van der Waals surface area contributed by atoms with Crippen LogP contribution in [0.1, 0.15) is 13.8 Å². The van der Waals surface area contributed by atoms with Crippen molar-refractivity contribution in [1.29, 1.82) is 0 Å². The third kappa shape index (κ3) is 9.71. The highest BCUT2D eigenvalue weighted by Crippen LogP contribution is 2.49. The zero-order chi connectivity index (χ0) is 13.5. The minimum absolute atomic E-state index is 0.0678. The Morgan fingerprint density at radius 1 is 1.24 bits per heavy atom. The van der Waals surface area contributed by atoms with Crippen LogP contribution in [0.5, 0.6) is 0 Å². The molecule has 0 aromatic rings. The molecule has 0 aliphatic heterocycles. The maximum Gasteiger partial charge on any atom is 0.475 e. The Bertz CT molecular complexity index is 252. The van der Waals surface area contributed by atoms with Gasteiger partial charge in [0.25, 0.3) is 0 Å². The van der Waals surface area contributed by atoms with Gasteiger partial charge < -0.3 is 9.59 Å². The summed E-state index contributed by atoms with van der Waals surface area (Å²) < 4.78 is 27.9. The van der Waals surface area contributed by atoms with E-state index in [1.54, 1.807) is 13.8 Å². The minimum atomic E-state index is -3.53. The number of phosphoric ester groups is 1. The molecule has 2 unspecified atom stereocenters. The molecular formula is C10H25NO5P+. The van der Waals surface area contributed by atoms with Gasteiger partial charge in [-0.1, -0.05) is 0 Å². The average molecular weight is 270 g/mol. The Kier molecular flexibility index (Phi) is 7.47. The lowest BCUT2D eigenvalue weighted by atomic mass is 10.5. The molecule has 0 aliphatic rings. The molecule has 0 aliphatic carbocycles. The molecule has 0 amide bonds. The Morgan fingerprint density at radius 3 is 2.24 bits per heavy atom. The molecule has 17 heavy (non-hydrogen) atoms. The number of quaternary nitrogens is 1. The summed E-state index contributed by atoms with van der Waals surface area (Å²) in [6.45, 7) is 4.39. The van der Waals surface area contributed by atoms with Crippen molar-refractivity contribution >= 4 is 7.82 Å². The summed E-state index contributed by atoms with van der Waals surface area (Å²) >= 11 is 0. The van der Waals surface area contributed by atoms with Crippen molar-refractivity contribution in [3.8, 4) is 0 Å². The van der Waals surface area contributed by atoms with E-state index in [0.29, 0.717) is 11.0 Å². The molecule has 0 fully saturated rings. The monoisotopic (exact) mass is 270 g/mol. The smallest absolute Gasteiger partial charge is 0.391 e. The van der Waals surface area contributed by atoms with Crippen LogP contribution in [-0.2, 0) is 18.1 Å². The second kappa shape index (κ2) is 7.46. The maximum absolute atomic E-state index is 12.0. The predicted molar refractivity (Wildman–Crippen MR) is 65.7 cm³/mol. The number of hydrogen-bond donors (Lipinski definition) is 1. The fraction of sp³-hybridized carbons (Fsp3) is 1.00. The van der Waals surface area contributed by atoms with E-state index in [9.17, 15) is 4.57 Å². The highest BCUT2D eigenvalue weighted by atomic mass is 31.2. The zero-order valence-corrected chi connectivity index (χ0v) is 12.3. The van der Waals surface area contributed by atoms with E-state index < -0.39 is 13.9 Å². The molecule has 0 aromatic carbocycles. The quantitative estimate of drug-likeness (QED) is 0.504. The molecule has 6 nitrogen and oxygen atoms in total. The highest BCUT2D eigenvalue weighted by Gasteiger charge is 2.27. The Morgan fingerprint density at radius 2 is 1.82 bits per heavy atom. The van der Waals surface area contributed by atoms with E-state index in [0.717, 1.165) is 0 Å². The van der Waals surface area contributed by atoms with Gasteiger partial charge in [-0.05, 0) is 13.8 Å². The van der Waals surface area contributed by atoms with Crippen molar-refractivity contribution in [1.82, 2.24) is 0 Å². The number of aliphatic hydroxyl groups excluding tert-OH is 1. The van der Waals surface area contributed by atoms with Crippen molar-refractivity contribution in [2.24, 2.45) is 0 Å². The summed E-state index contributed by atoms with van der Waals surface area (Å²) in [5.41, 5.74) is 0. The minimum Gasteiger partial charge on any atom is -0.391 e. The molecule has 7 heteroatoms. The molecule has 104 valence electrons. The lowest BCUT2D eigenvalue weighted by molar-refractivity contribution is -0.870. The van der Waals surface area contributed by atoms with Crippen LogP contribution in [0.2, 0.25) is 0 Å². The predicted octanol–water partition coefficient (Wildman–Crippen LogP) is 1.25. The van der Waals surface area contributed by atoms with Gasteiger partial charge in [0.1, 0.15) is 13.2 Å². The van der Waals surface area contributed by atoms with E-state index in [1.807, 2.05) is 21.1 Å². The van der Waals surface area contributed by atoms with Crippen LogP contribution in [0.4, 0.5) is 0 Å². The number of likely N-dealkylation sites (N-methyl/N-ethyl adjacent to an activating group) is 1. The van der Waals surface area contributed by atoms with Crippen LogP contribution in [0, 0.1) is 0 Å². The van der Waals surface area contributed by atoms with Gasteiger partial charge in [0.05, 0.1) is 40.5 Å². The van der Waals surface area contributed by atoms with Crippen molar-refractivity contribution in [3.63, 3.8) is 0 Å². The summed E-state index contributed by atoms with van der Waals surface area (Å²) in [5.74, 6) is 0. The van der Waals surface area contributed by atoms with E-state index in [2.05, 4.69) is 0 Å². The number of rotatable bonds is 9. The van der Waals surface area contributed by atoms with Crippen LogP contribution in [0.3, 0.4) is 0 Å². The topological polar surface area (TPSA) is 65.0 Å². The molecule has 1 N–H and O–H groups in total. The summed E-state index contributed by atoms with van der Waals surface area (Å²) in [6.07, 6.45) is -0.703. The maximum atomic E-state index is 12.0. The Labute approximate surface area is 104 Å². The molecule has 2 atom stereocenters. The molecule has 0 bridgehead atoms. The van der Waals surface area contributed by atoms with E-state index in [1.165, 1.54) is 0 Å². The molecule has 0 saturated heterocycles. The van der Waals surface area contributed by atoms with E-state index >= 15 is 0 Å². The summed E-state index contributed by atoms with van der Waals surface area (Å²) in [5, 5.41) is 9.08. The lowest BCUT2D eigenvalue weighted by Gasteiger charge is -2.25. The Hall–Kier alpha value is 0.0300. The van der Waals surface area contributed by atoms with E-state index in [-0.39, 0.29) is 19.8 Å². The van der Waals surface area contributed by atoms with Gasteiger partial charge in [-0.25, -0.2) is 4.57 Å². The fourth-order valence-corrected chi connectivity index (χ4v) is 2.14. The number of hydrogen-bond acceptors (Lipinski definition) is 5. The normalized spacial score (nSPS) is 17.8. The zero-order valence-electron chi connectivity index (χ0n) is 11.4. The number of aliphatic hydroxyl groups is 1. The fourth-order valence-electron chi connectivity index (χ4n) is 0.896. The largest absolute Gasteiger partial charge is 0.475 e. The van der Waals surface area contributed by atoms with Crippen LogP contribution >= 0.6 is 7.82 Å². The number of nitrogens with zero attached hydrogens (tertiary/aromatic N) is 1. The van der Waals surface area contributed by atoms with Gasteiger partial charge >= 0.3 is 7.82 Å². The first-order chi connectivity index (χ1) is 7.68. The average Bonchev–Trinajstić information content (AvgIpc) is 2.13. The molecule has 0 rings (SSSR count). The van der Waals surface area contributed by atoms with Crippen molar-refractivity contribution in [2.45, 2.75) is 20.0 Å². The van der Waals surface area contributed by atoms with Gasteiger partial charge in [-0.3, -0.25) is 13.6 Å². The molecular weight excluding hydrogens is 245 g/mol. The van der Waals surface area contributed by atoms with Gasteiger partial charge in [0.2, 0.25) is 0 Å². The summed E-state index contributed by atoms with van der Waals surface area (Å²) in [7, 11) is 2.49. The first kappa shape index (κ1) is 17.0. The molecule has 0 heterocycles. The molecule has 0 aromatic heterocycles. The standard InChI is InChI=1S/C10H25NO5P/c1-6-14-17(13,16-9-10(2)12)15-8-7-11(3,4)5/h10,12H,6-9H2,1-5H3/q+1. The molecule has 0 spiro atoms. The van der Waals surface area contributed by atoms with Crippen LogP contribution in [0.25, 0.3) is 0 Å². The van der Waals surface area contributed by atoms with Crippen LogP contribution < -0.4 is 0 Å². The van der Waals surface area contributed by atoms with Gasteiger partial charge in [-0.15, -0.1) is 0 Å². The van der Waals surface area contributed by atoms with Crippen molar-refractivity contribution in [3.05, 3.63) is 0 Å². The van der Waals surface area contributed by atoms with Gasteiger partial charge in [-0.2, -0.15) is 0 Å². The third-order valence-corrected chi connectivity index (χ3v) is 3.31. The van der Waals surface area contributed by atoms with E-state index in [4.69, 9.17) is 18.7 Å². The first-order valence-corrected chi connectivity index (χ1v) is 7.17. The Balaban J connectivity index is 4.16. The van der Waals surface area contributed by atoms with Gasteiger partial charge in [0, 0.05) is 0 Å². The first-order valence-electron chi connectivity index (χ1n) is 5.71. The molecule has 0 radical (unpaired) electrons.